The SMILES string of the molecule is CCOc1ccccc1NC(=O)N[C@H](Cc1ccccc1)C(=O)N1CCOCCNC(=O)CC1. The van der Waals surface area contributed by atoms with Gasteiger partial charge in [0.2, 0.25) is 11.8 Å². The molecule has 1 atom stereocenters. The summed E-state index contributed by atoms with van der Waals surface area (Å²) in [5, 5.41) is 8.36. The lowest BCUT2D eigenvalue weighted by molar-refractivity contribution is -0.135. The van der Waals surface area contributed by atoms with Crippen molar-refractivity contribution in [3.63, 3.8) is 0 Å². The Balaban J connectivity index is 1.75. The van der Waals surface area contributed by atoms with Gasteiger partial charge in [0.15, 0.2) is 0 Å². The highest BCUT2D eigenvalue weighted by Crippen LogP contribution is 2.23. The number of carbonyl (C=O) groups is 3. The maximum Gasteiger partial charge on any atom is 0.320 e. The molecule has 0 spiro atoms. The van der Waals surface area contributed by atoms with E-state index in [-0.39, 0.29) is 24.8 Å². The molecule has 3 N–H and O–H groups in total. The molecule has 0 radical (unpaired) electrons. The highest BCUT2D eigenvalue weighted by Gasteiger charge is 2.27. The van der Waals surface area contributed by atoms with Crippen molar-refractivity contribution in [1.29, 1.82) is 0 Å². The number of para-hydroxylation sites is 2. The fourth-order valence-electron chi connectivity index (χ4n) is 3.63. The molecule has 2 aromatic rings. The van der Waals surface area contributed by atoms with Gasteiger partial charge in [-0.1, -0.05) is 42.5 Å². The van der Waals surface area contributed by atoms with Crippen LogP contribution in [-0.2, 0) is 20.7 Å². The number of rotatable bonds is 7. The van der Waals surface area contributed by atoms with E-state index in [1.807, 2.05) is 43.3 Å². The fraction of sp³-hybridized carbons (Fsp3) is 0.400. The Hall–Kier alpha value is -3.59. The Morgan fingerprint density at radius 2 is 1.85 bits per heavy atom. The van der Waals surface area contributed by atoms with Gasteiger partial charge in [0, 0.05) is 32.5 Å². The molecule has 0 saturated carbocycles. The summed E-state index contributed by atoms with van der Waals surface area (Å²) >= 11 is 0. The number of urea groups is 1. The predicted octanol–water partition coefficient (Wildman–Crippen LogP) is 2.18. The smallest absolute Gasteiger partial charge is 0.320 e. The first-order chi connectivity index (χ1) is 16.6. The van der Waals surface area contributed by atoms with Gasteiger partial charge in [-0.05, 0) is 24.6 Å². The van der Waals surface area contributed by atoms with Gasteiger partial charge in [-0.3, -0.25) is 9.59 Å². The molecule has 3 rings (SSSR count). The second kappa shape index (κ2) is 13.2. The van der Waals surface area contributed by atoms with Gasteiger partial charge in [-0.25, -0.2) is 4.79 Å². The van der Waals surface area contributed by atoms with Crippen molar-refractivity contribution in [2.24, 2.45) is 0 Å². The topological polar surface area (TPSA) is 109 Å². The molecule has 1 heterocycles. The third kappa shape index (κ3) is 7.77. The molecule has 4 amide bonds. The molecular formula is C25H32N4O5. The average Bonchev–Trinajstić information content (AvgIpc) is 2.84. The Kier molecular flexibility index (Phi) is 9.72. The summed E-state index contributed by atoms with van der Waals surface area (Å²) in [5.74, 6) is 0.139. The Bertz CT molecular complexity index is 953. The number of hydrogen-bond acceptors (Lipinski definition) is 5. The van der Waals surface area contributed by atoms with Crippen molar-refractivity contribution in [1.82, 2.24) is 15.5 Å². The lowest BCUT2D eigenvalue weighted by Gasteiger charge is -2.29. The van der Waals surface area contributed by atoms with E-state index in [0.29, 0.717) is 50.8 Å². The molecule has 2 aromatic carbocycles. The van der Waals surface area contributed by atoms with Gasteiger partial charge in [-0.15, -0.1) is 0 Å². The van der Waals surface area contributed by atoms with Crippen LogP contribution in [0, 0.1) is 0 Å². The highest BCUT2D eigenvalue weighted by molar-refractivity contribution is 5.95. The van der Waals surface area contributed by atoms with Crippen molar-refractivity contribution in [2.75, 3.05) is 44.8 Å². The van der Waals surface area contributed by atoms with Crippen LogP contribution in [0.1, 0.15) is 18.9 Å². The quantitative estimate of drug-likeness (QED) is 0.577. The van der Waals surface area contributed by atoms with Crippen LogP contribution in [-0.4, -0.2) is 68.2 Å². The Morgan fingerprint density at radius 3 is 2.65 bits per heavy atom. The van der Waals surface area contributed by atoms with E-state index in [2.05, 4.69) is 16.0 Å². The lowest BCUT2D eigenvalue weighted by Crippen LogP contribution is -2.52. The van der Waals surface area contributed by atoms with Gasteiger partial charge >= 0.3 is 6.03 Å². The third-order valence-electron chi connectivity index (χ3n) is 5.32. The molecule has 182 valence electrons. The van der Waals surface area contributed by atoms with Crippen LogP contribution in [0.3, 0.4) is 0 Å². The first-order valence-corrected chi connectivity index (χ1v) is 11.5. The summed E-state index contributed by atoms with van der Waals surface area (Å²) < 4.78 is 11.1. The van der Waals surface area contributed by atoms with E-state index in [9.17, 15) is 14.4 Å². The van der Waals surface area contributed by atoms with Gasteiger partial charge < -0.3 is 30.3 Å². The van der Waals surface area contributed by atoms with Crippen molar-refractivity contribution in [3.8, 4) is 5.75 Å². The molecule has 9 nitrogen and oxygen atoms in total. The number of benzene rings is 2. The van der Waals surface area contributed by atoms with Gasteiger partial charge in [0.1, 0.15) is 11.8 Å². The molecule has 1 aliphatic heterocycles. The fourth-order valence-corrected chi connectivity index (χ4v) is 3.63. The van der Waals surface area contributed by atoms with E-state index >= 15 is 0 Å². The highest BCUT2D eigenvalue weighted by atomic mass is 16.5. The van der Waals surface area contributed by atoms with E-state index in [4.69, 9.17) is 9.47 Å². The van der Waals surface area contributed by atoms with Crippen LogP contribution in [0.15, 0.2) is 54.6 Å². The minimum Gasteiger partial charge on any atom is -0.492 e. The van der Waals surface area contributed by atoms with Crippen LogP contribution < -0.4 is 20.7 Å². The van der Waals surface area contributed by atoms with Crippen LogP contribution >= 0.6 is 0 Å². The van der Waals surface area contributed by atoms with Gasteiger partial charge in [-0.2, -0.15) is 0 Å². The number of nitrogens with one attached hydrogen (secondary N) is 3. The van der Waals surface area contributed by atoms with Gasteiger partial charge in [0.05, 0.1) is 25.5 Å². The van der Waals surface area contributed by atoms with Crippen molar-refractivity contribution < 1.29 is 23.9 Å². The van der Waals surface area contributed by atoms with Crippen molar-refractivity contribution in [3.05, 3.63) is 60.2 Å². The number of ether oxygens (including phenoxy) is 2. The van der Waals surface area contributed by atoms with E-state index in [1.165, 1.54) is 0 Å². The van der Waals surface area contributed by atoms with E-state index in [0.717, 1.165) is 5.56 Å². The Morgan fingerprint density at radius 1 is 1.09 bits per heavy atom. The maximum absolute atomic E-state index is 13.5. The molecule has 0 aliphatic carbocycles. The molecule has 0 unspecified atom stereocenters. The number of carbonyl (C=O) groups excluding carboxylic acids is 3. The average molecular weight is 469 g/mol. The standard InChI is InChI=1S/C25H32N4O5/c1-2-34-22-11-7-6-10-20(22)27-25(32)28-21(18-19-8-4-3-5-9-19)24(31)29-14-12-23(30)26-13-16-33-17-15-29/h3-11,21H,2,12-18H2,1H3,(H,26,30)(H2,27,28,32)/t21-/m1/s1. The largest absolute Gasteiger partial charge is 0.492 e. The zero-order valence-electron chi connectivity index (χ0n) is 19.4. The molecule has 1 aliphatic rings. The maximum atomic E-state index is 13.5. The number of nitrogens with zero attached hydrogens (tertiary/aromatic N) is 1. The van der Waals surface area contributed by atoms with E-state index in [1.54, 1.807) is 23.1 Å². The molecule has 9 heteroatoms. The van der Waals surface area contributed by atoms with Crippen LogP contribution in [0.25, 0.3) is 0 Å². The van der Waals surface area contributed by atoms with Crippen molar-refractivity contribution in [2.45, 2.75) is 25.8 Å². The first kappa shape index (κ1) is 25.0. The summed E-state index contributed by atoms with van der Waals surface area (Å²) in [5.41, 5.74) is 1.42. The predicted molar refractivity (Wildman–Crippen MR) is 129 cm³/mol. The molecule has 1 saturated heterocycles. The lowest BCUT2D eigenvalue weighted by atomic mass is 10.0. The zero-order valence-corrected chi connectivity index (χ0v) is 19.4. The molecule has 34 heavy (non-hydrogen) atoms. The summed E-state index contributed by atoms with van der Waals surface area (Å²) in [6.07, 6.45) is 0.501. The number of amides is 4. The van der Waals surface area contributed by atoms with Crippen LogP contribution in [0.4, 0.5) is 10.5 Å². The first-order valence-electron chi connectivity index (χ1n) is 11.5. The van der Waals surface area contributed by atoms with Crippen LogP contribution in [0.5, 0.6) is 5.75 Å². The van der Waals surface area contributed by atoms with Crippen molar-refractivity contribution >= 4 is 23.5 Å². The van der Waals surface area contributed by atoms with Crippen LogP contribution in [0.2, 0.25) is 0 Å². The molecular weight excluding hydrogens is 436 g/mol. The third-order valence-corrected chi connectivity index (χ3v) is 5.32. The monoisotopic (exact) mass is 468 g/mol. The second-order valence-electron chi connectivity index (χ2n) is 7.81. The summed E-state index contributed by atoms with van der Waals surface area (Å²) in [6, 6.07) is 15.3. The minimum atomic E-state index is -0.826. The zero-order chi connectivity index (χ0) is 24.2. The van der Waals surface area contributed by atoms with Gasteiger partial charge in [0.25, 0.3) is 0 Å². The molecule has 0 aromatic heterocycles. The molecule has 0 bridgehead atoms. The summed E-state index contributed by atoms with van der Waals surface area (Å²) in [4.78, 5) is 40.0. The number of anilines is 1. The summed E-state index contributed by atoms with van der Waals surface area (Å²) in [6.45, 7) is 4.11. The van der Waals surface area contributed by atoms with E-state index < -0.39 is 12.1 Å². The second-order valence-corrected chi connectivity index (χ2v) is 7.81. The molecule has 1 fully saturated rings. The minimum absolute atomic E-state index is 0.138. The summed E-state index contributed by atoms with van der Waals surface area (Å²) in [7, 11) is 0. The normalized spacial score (nSPS) is 15.6. The Labute approximate surface area is 199 Å². The number of hydrogen-bond donors (Lipinski definition) is 3.